The fraction of sp³-hybridized carbons (Fsp3) is 0.500. The average Bonchev–Trinajstić information content (AvgIpc) is 3.02. The van der Waals surface area contributed by atoms with Crippen molar-refractivity contribution in [3.8, 4) is 5.75 Å². The Hall–Kier alpha value is -2.01. The molecule has 0 spiro atoms. The van der Waals surface area contributed by atoms with E-state index in [9.17, 15) is 4.79 Å². The Morgan fingerprint density at radius 1 is 1.30 bits per heavy atom. The van der Waals surface area contributed by atoms with Gasteiger partial charge in [-0.3, -0.25) is 4.79 Å². The molecule has 1 heterocycles. The summed E-state index contributed by atoms with van der Waals surface area (Å²) in [6, 6.07) is 5.96. The molecule has 1 saturated carbocycles. The number of fused-ring (bicyclic) bond motifs is 1. The van der Waals surface area contributed by atoms with Crippen molar-refractivity contribution in [1.82, 2.24) is 10.6 Å². The lowest BCUT2D eigenvalue weighted by atomic mass is 9.95. The van der Waals surface area contributed by atoms with E-state index in [2.05, 4.69) is 10.6 Å². The van der Waals surface area contributed by atoms with Gasteiger partial charge in [0.15, 0.2) is 17.1 Å². The fourth-order valence-corrected chi connectivity index (χ4v) is 3.28. The van der Waals surface area contributed by atoms with Crippen molar-refractivity contribution in [3.05, 3.63) is 29.5 Å². The van der Waals surface area contributed by atoms with E-state index in [4.69, 9.17) is 9.15 Å². The van der Waals surface area contributed by atoms with E-state index in [1.54, 1.807) is 7.11 Å². The number of nitrogens with one attached hydrogen (secondary N) is 2. The monoisotopic (exact) mass is 316 g/mol. The van der Waals surface area contributed by atoms with Crippen LogP contribution in [-0.2, 0) is 6.54 Å². The molecule has 5 nitrogen and oxygen atoms in total. The molecule has 1 aliphatic carbocycles. The number of hydrogen-bond donors (Lipinski definition) is 2. The molecule has 23 heavy (non-hydrogen) atoms. The summed E-state index contributed by atoms with van der Waals surface area (Å²) < 4.78 is 11.2. The molecule has 2 N–H and O–H groups in total. The average molecular weight is 316 g/mol. The Balaban J connectivity index is 1.88. The molecule has 2 aromatic rings. The third-order valence-corrected chi connectivity index (χ3v) is 4.49. The first-order valence-electron chi connectivity index (χ1n) is 8.28. The first kappa shape index (κ1) is 15.9. The van der Waals surface area contributed by atoms with Crippen LogP contribution in [0.1, 0.15) is 48.2 Å². The predicted molar refractivity (Wildman–Crippen MR) is 89.9 cm³/mol. The van der Waals surface area contributed by atoms with Crippen LogP contribution in [0.4, 0.5) is 0 Å². The van der Waals surface area contributed by atoms with E-state index >= 15 is 0 Å². The van der Waals surface area contributed by atoms with Gasteiger partial charge in [-0.25, -0.2) is 0 Å². The molecular weight excluding hydrogens is 292 g/mol. The van der Waals surface area contributed by atoms with E-state index in [1.165, 1.54) is 19.3 Å². The quantitative estimate of drug-likeness (QED) is 0.889. The van der Waals surface area contributed by atoms with Crippen LogP contribution in [0.15, 0.2) is 22.6 Å². The first-order valence-corrected chi connectivity index (χ1v) is 8.28. The minimum atomic E-state index is -0.134. The van der Waals surface area contributed by atoms with Gasteiger partial charge in [-0.15, -0.1) is 0 Å². The Morgan fingerprint density at radius 2 is 2.09 bits per heavy atom. The van der Waals surface area contributed by atoms with Gasteiger partial charge in [-0.2, -0.15) is 0 Å². The highest BCUT2D eigenvalue weighted by molar-refractivity contribution is 5.98. The lowest BCUT2D eigenvalue weighted by molar-refractivity contribution is 0.0901. The highest BCUT2D eigenvalue weighted by Crippen LogP contribution is 2.31. The second kappa shape index (κ2) is 7.04. The minimum Gasteiger partial charge on any atom is -0.493 e. The van der Waals surface area contributed by atoms with Crippen molar-refractivity contribution >= 4 is 16.9 Å². The van der Waals surface area contributed by atoms with Crippen molar-refractivity contribution in [2.75, 3.05) is 14.2 Å². The van der Waals surface area contributed by atoms with E-state index in [1.807, 2.05) is 25.2 Å². The predicted octanol–water partition coefficient (Wildman–Crippen LogP) is 3.22. The van der Waals surface area contributed by atoms with Gasteiger partial charge in [-0.05, 0) is 37.6 Å². The van der Waals surface area contributed by atoms with Gasteiger partial charge in [0.05, 0.1) is 7.11 Å². The summed E-state index contributed by atoms with van der Waals surface area (Å²) in [6.07, 6.45) is 5.75. The Morgan fingerprint density at radius 3 is 2.78 bits per heavy atom. The molecule has 5 heteroatoms. The highest BCUT2D eigenvalue weighted by Gasteiger charge is 2.21. The summed E-state index contributed by atoms with van der Waals surface area (Å²) in [5, 5.41) is 7.15. The maximum Gasteiger partial charge on any atom is 0.287 e. The van der Waals surface area contributed by atoms with Gasteiger partial charge in [0.25, 0.3) is 5.91 Å². The topological polar surface area (TPSA) is 63.5 Å². The molecule has 0 radical (unpaired) electrons. The van der Waals surface area contributed by atoms with Gasteiger partial charge >= 0.3 is 0 Å². The molecule has 3 rings (SSSR count). The Labute approximate surface area is 136 Å². The van der Waals surface area contributed by atoms with Crippen molar-refractivity contribution in [1.29, 1.82) is 0 Å². The van der Waals surface area contributed by atoms with Crippen molar-refractivity contribution < 1.29 is 13.9 Å². The molecule has 0 bridgehead atoms. The number of benzene rings is 1. The number of furan rings is 1. The molecule has 0 atom stereocenters. The SMILES string of the molecule is CNCc1ccc(OC)c2oc(C(=O)NC3CCCCC3)cc12. The maximum atomic E-state index is 12.5. The van der Waals surface area contributed by atoms with Crippen LogP contribution in [0.25, 0.3) is 11.0 Å². The van der Waals surface area contributed by atoms with Gasteiger partial charge in [0.1, 0.15) is 0 Å². The van der Waals surface area contributed by atoms with Crippen molar-refractivity contribution in [2.24, 2.45) is 0 Å². The second-order valence-electron chi connectivity index (χ2n) is 6.12. The van der Waals surface area contributed by atoms with Gasteiger partial charge < -0.3 is 19.8 Å². The zero-order valence-corrected chi connectivity index (χ0v) is 13.8. The lowest BCUT2D eigenvalue weighted by Crippen LogP contribution is -2.35. The summed E-state index contributed by atoms with van der Waals surface area (Å²) in [5.41, 5.74) is 1.72. The highest BCUT2D eigenvalue weighted by atomic mass is 16.5. The smallest absolute Gasteiger partial charge is 0.287 e. The van der Waals surface area contributed by atoms with Crippen molar-refractivity contribution in [3.63, 3.8) is 0 Å². The summed E-state index contributed by atoms with van der Waals surface area (Å²) >= 11 is 0. The third-order valence-electron chi connectivity index (χ3n) is 4.49. The minimum absolute atomic E-state index is 0.134. The van der Waals surface area contributed by atoms with Crippen LogP contribution in [0.5, 0.6) is 5.75 Å². The molecule has 1 aromatic heterocycles. The molecule has 0 aliphatic heterocycles. The molecule has 1 fully saturated rings. The van der Waals surface area contributed by atoms with Crippen molar-refractivity contribution in [2.45, 2.75) is 44.7 Å². The summed E-state index contributed by atoms with van der Waals surface area (Å²) in [6.45, 7) is 0.712. The second-order valence-corrected chi connectivity index (χ2v) is 6.12. The molecule has 1 amide bonds. The Kier molecular flexibility index (Phi) is 4.86. The number of amides is 1. The number of hydrogen-bond acceptors (Lipinski definition) is 4. The standard InChI is InChI=1S/C18H24N2O3/c1-19-11-12-8-9-15(22-2)17-14(12)10-16(23-17)18(21)20-13-6-4-3-5-7-13/h8-10,13,19H,3-7,11H2,1-2H3,(H,20,21). The zero-order chi connectivity index (χ0) is 16.2. The summed E-state index contributed by atoms with van der Waals surface area (Å²) in [7, 11) is 3.50. The molecule has 0 unspecified atom stereocenters. The molecule has 0 saturated heterocycles. The molecular formula is C18H24N2O3. The van der Waals surface area contributed by atoms with E-state index in [0.29, 0.717) is 23.6 Å². The van der Waals surface area contributed by atoms with Crippen LogP contribution in [0.2, 0.25) is 0 Å². The van der Waals surface area contributed by atoms with Crippen LogP contribution < -0.4 is 15.4 Å². The van der Waals surface area contributed by atoms with Crippen LogP contribution in [-0.4, -0.2) is 26.1 Å². The number of methoxy groups -OCH3 is 1. The normalized spacial score (nSPS) is 15.7. The Bertz CT molecular complexity index is 687. The number of ether oxygens (including phenoxy) is 1. The van der Waals surface area contributed by atoms with Crippen LogP contribution >= 0.6 is 0 Å². The number of rotatable bonds is 5. The fourth-order valence-electron chi connectivity index (χ4n) is 3.28. The number of carbonyl (C=O) groups excluding carboxylic acids is 1. The number of carbonyl (C=O) groups is 1. The summed E-state index contributed by atoms with van der Waals surface area (Å²) in [4.78, 5) is 12.5. The molecule has 1 aromatic carbocycles. The van der Waals surface area contributed by atoms with Crippen LogP contribution in [0, 0.1) is 0 Å². The van der Waals surface area contributed by atoms with Gasteiger partial charge in [-0.1, -0.05) is 25.3 Å². The molecule has 124 valence electrons. The van der Waals surface area contributed by atoms with E-state index < -0.39 is 0 Å². The molecule has 1 aliphatic rings. The van der Waals surface area contributed by atoms with Gasteiger partial charge in [0, 0.05) is 18.0 Å². The van der Waals surface area contributed by atoms with Crippen LogP contribution in [0.3, 0.4) is 0 Å². The van der Waals surface area contributed by atoms with E-state index in [-0.39, 0.29) is 11.9 Å². The maximum absolute atomic E-state index is 12.5. The van der Waals surface area contributed by atoms with E-state index in [0.717, 1.165) is 23.8 Å². The summed E-state index contributed by atoms with van der Waals surface area (Å²) in [5.74, 6) is 0.870. The third kappa shape index (κ3) is 3.34. The largest absolute Gasteiger partial charge is 0.493 e. The van der Waals surface area contributed by atoms with Gasteiger partial charge in [0.2, 0.25) is 0 Å². The zero-order valence-electron chi connectivity index (χ0n) is 13.8. The lowest BCUT2D eigenvalue weighted by Gasteiger charge is -2.22. The first-order chi connectivity index (χ1) is 11.2.